The molecule has 1 saturated carbocycles. The summed E-state index contributed by atoms with van der Waals surface area (Å²) in [4.78, 5) is 22.4. The van der Waals surface area contributed by atoms with Crippen molar-refractivity contribution in [3.63, 3.8) is 0 Å². The number of aliphatic hydroxyl groups excluding tert-OH is 1. The Hall–Kier alpha value is -3.98. The fourth-order valence-electron chi connectivity index (χ4n) is 4.21. The topological polar surface area (TPSA) is 187 Å². The first-order valence-electron chi connectivity index (χ1n) is 9.83. The Bertz CT molecular complexity index is 1120. The van der Waals surface area contributed by atoms with Crippen LogP contribution in [-0.4, -0.2) is 43.5 Å². The standard InChI is InChI=1S/C23H24N2O7/c24-21(31)5-1-11-7-17(27)19(29)9-14(11)13-3-4-16(26)23(13)15-10-20(30)18(28)8-12(15)2-6-22(25)32/h1-2,5-10,13,16,23,26-30H,3-4H2,(H2,24,31)(H2,25,32)/b5-1+,6-2+/t13-,16-,23-/m1/s1. The highest BCUT2D eigenvalue weighted by Crippen LogP contribution is 2.51. The van der Waals surface area contributed by atoms with Gasteiger partial charge in [-0.05, 0) is 77.4 Å². The number of hydrogen-bond acceptors (Lipinski definition) is 7. The van der Waals surface area contributed by atoms with Gasteiger partial charge in [0.15, 0.2) is 23.0 Å². The molecule has 0 saturated heterocycles. The highest BCUT2D eigenvalue weighted by atomic mass is 16.3. The van der Waals surface area contributed by atoms with E-state index in [1.54, 1.807) is 0 Å². The molecule has 0 aliphatic heterocycles. The molecule has 0 heterocycles. The molecular weight excluding hydrogens is 416 g/mol. The van der Waals surface area contributed by atoms with E-state index in [4.69, 9.17) is 11.5 Å². The number of aromatic hydroxyl groups is 4. The lowest BCUT2D eigenvalue weighted by molar-refractivity contribution is -0.114. The zero-order chi connectivity index (χ0) is 23.6. The maximum absolute atomic E-state index is 11.2. The number of primary amides is 2. The minimum atomic E-state index is -0.853. The molecule has 2 amide bonds. The molecule has 9 heteroatoms. The van der Waals surface area contributed by atoms with Crippen LogP contribution in [-0.2, 0) is 9.59 Å². The van der Waals surface area contributed by atoms with Gasteiger partial charge in [-0.1, -0.05) is 0 Å². The summed E-state index contributed by atoms with van der Waals surface area (Å²) < 4.78 is 0. The first-order valence-corrected chi connectivity index (χ1v) is 9.83. The minimum Gasteiger partial charge on any atom is -0.504 e. The van der Waals surface area contributed by atoms with E-state index in [0.717, 1.165) is 12.2 Å². The average molecular weight is 440 g/mol. The second-order valence-corrected chi connectivity index (χ2v) is 7.69. The van der Waals surface area contributed by atoms with Crippen LogP contribution in [0.4, 0.5) is 0 Å². The maximum atomic E-state index is 11.2. The molecule has 1 fully saturated rings. The van der Waals surface area contributed by atoms with Crippen molar-refractivity contribution in [1.29, 1.82) is 0 Å². The Morgan fingerprint density at radius 2 is 1.19 bits per heavy atom. The van der Waals surface area contributed by atoms with E-state index >= 15 is 0 Å². The molecule has 32 heavy (non-hydrogen) atoms. The zero-order valence-electron chi connectivity index (χ0n) is 17.0. The van der Waals surface area contributed by atoms with Crippen molar-refractivity contribution in [2.75, 3.05) is 0 Å². The summed E-state index contributed by atoms with van der Waals surface area (Å²) in [5.41, 5.74) is 12.1. The summed E-state index contributed by atoms with van der Waals surface area (Å²) in [6.07, 6.45) is 5.00. The number of carbonyl (C=O) groups is 2. The number of aliphatic hydroxyl groups is 1. The van der Waals surface area contributed by atoms with E-state index < -0.39 is 41.3 Å². The largest absolute Gasteiger partial charge is 0.504 e. The number of rotatable bonds is 6. The van der Waals surface area contributed by atoms with Gasteiger partial charge in [-0.25, -0.2) is 0 Å². The van der Waals surface area contributed by atoms with Gasteiger partial charge >= 0.3 is 0 Å². The number of hydrogen-bond donors (Lipinski definition) is 7. The monoisotopic (exact) mass is 440 g/mol. The number of carbonyl (C=O) groups excluding carboxylic acids is 2. The third-order valence-corrected chi connectivity index (χ3v) is 5.59. The van der Waals surface area contributed by atoms with Gasteiger partial charge in [-0.15, -0.1) is 0 Å². The Labute approximate surface area is 183 Å². The Morgan fingerprint density at radius 3 is 1.69 bits per heavy atom. The molecule has 2 aromatic carbocycles. The Balaban J connectivity index is 2.18. The lowest BCUT2D eigenvalue weighted by Crippen LogP contribution is -2.18. The Kier molecular flexibility index (Phi) is 6.40. The van der Waals surface area contributed by atoms with Crippen molar-refractivity contribution in [3.8, 4) is 23.0 Å². The van der Waals surface area contributed by atoms with Gasteiger partial charge in [0.05, 0.1) is 6.10 Å². The fraction of sp³-hybridized carbons (Fsp3) is 0.217. The number of nitrogens with two attached hydrogens (primary N) is 2. The van der Waals surface area contributed by atoms with E-state index in [1.807, 2.05) is 0 Å². The van der Waals surface area contributed by atoms with Crippen molar-refractivity contribution < 1.29 is 35.1 Å². The highest BCUT2D eigenvalue weighted by Gasteiger charge is 2.39. The lowest BCUT2D eigenvalue weighted by Gasteiger charge is -2.26. The Morgan fingerprint density at radius 1 is 0.750 bits per heavy atom. The number of amides is 2. The van der Waals surface area contributed by atoms with Gasteiger partial charge in [0.2, 0.25) is 11.8 Å². The normalized spacial score (nSPS) is 20.8. The van der Waals surface area contributed by atoms with E-state index in [-0.39, 0.29) is 11.5 Å². The molecular formula is C23H24N2O7. The first-order chi connectivity index (χ1) is 15.1. The second kappa shape index (κ2) is 9.03. The number of benzene rings is 2. The summed E-state index contributed by atoms with van der Waals surface area (Å²) in [6, 6.07) is 5.20. The molecule has 168 valence electrons. The maximum Gasteiger partial charge on any atom is 0.241 e. The predicted molar refractivity (Wildman–Crippen MR) is 117 cm³/mol. The highest BCUT2D eigenvalue weighted by molar-refractivity contribution is 5.91. The van der Waals surface area contributed by atoms with Gasteiger partial charge in [0.25, 0.3) is 0 Å². The van der Waals surface area contributed by atoms with Crippen LogP contribution >= 0.6 is 0 Å². The smallest absolute Gasteiger partial charge is 0.241 e. The van der Waals surface area contributed by atoms with Crippen molar-refractivity contribution in [2.45, 2.75) is 30.8 Å². The number of phenols is 4. The van der Waals surface area contributed by atoms with Crippen LogP contribution in [0.3, 0.4) is 0 Å². The molecule has 3 atom stereocenters. The fourth-order valence-corrected chi connectivity index (χ4v) is 4.21. The summed E-state index contributed by atoms with van der Waals surface area (Å²) in [5, 5.41) is 50.9. The summed E-state index contributed by atoms with van der Waals surface area (Å²) in [5.74, 6) is -4.01. The minimum absolute atomic E-state index is 0.368. The van der Waals surface area contributed by atoms with Crippen molar-refractivity contribution >= 4 is 24.0 Å². The van der Waals surface area contributed by atoms with E-state index in [0.29, 0.717) is 35.1 Å². The van der Waals surface area contributed by atoms with E-state index in [2.05, 4.69) is 0 Å². The second-order valence-electron chi connectivity index (χ2n) is 7.69. The molecule has 0 bridgehead atoms. The van der Waals surface area contributed by atoms with Crippen LogP contribution in [0.2, 0.25) is 0 Å². The molecule has 1 aliphatic carbocycles. The first kappa shape index (κ1) is 22.7. The quantitative estimate of drug-likeness (QED) is 0.262. The van der Waals surface area contributed by atoms with Gasteiger partial charge < -0.3 is 37.0 Å². The van der Waals surface area contributed by atoms with Gasteiger partial charge in [0, 0.05) is 18.1 Å². The van der Waals surface area contributed by atoms with Crippen LogP contribution in [0.25, 0.3) is 12.2 Å². The van der Waals surface area contributed by atoms with Crippen molar-refractivity contribution in [3.05, 3.63) is 58.7 Å². The summed E-state index contributed by atoms with van der Waals surface area (Å²) in [6.45, 7) is 0. The molecule has 9 N–H and O–H groups in total. The summed E-state index contributed by atoms with van der Waals surface area (Å²) >= 11 is 0. The third kappa shape index (κ3) is 4.68. The van der Waals surface area contributed by atoms with Crippen molar-refractivity contribution in [1.82, 2.24) is 0 Å². The molecule has 2 aromatic rings. The molecule has 0 spiro atoms. The number of phenolic OH excluding ortho intramolecular Hbond substituents is 4. The van der Waals surface area contributed by atoms with Crippen molar-refractivity contribution in [2.24, 2.45) is 11.5 Å². The zero-order valence-corrected chi connectivity index (χ0v) is 17.0. The lowest BCUT2D eigenvalue weighted by atomic mass is 9.79. The van der Waals surface area contributed by atoms with Crippen LogP contribution in [0.1, 0.15) is 46.9 Å². The summed E-state index contributed by atoms with van der Waals surface area (Å²) in [7, 11) is 0. The van der Waals surface area contributed by atoms with Gasteiger partial charge in [-0.2, -0.15) is 0 Å². The van der Waals surface area contributed by atoms with Crippen LogP contribution in [0.5, 0.6) is 23.0 Å². The van der Waals surface area contributed by atoms with E-state index in [9.17, 15) is 35.1 Å². The van der Waals surface area contributed by atoms with Gasteiger partial charge in [0.1, 0.15) is 0 Å². The molecule has 0 aromatic heterocycles. The average Bonchev–Trinajstić information content (AvgIpc) is 3.10. The molecule has 1 aliphatic rings. The SMILES string of the molecule is NC(=O)/C=C/c1cc(O)c(O)cc1[C@@H]1[C@H](O)CC[C@@H]1c1cc(O)c(O)cc1/C=C/C(N)=O. The van der Waals surface area contributed by atoms with E-state index in [1.165, 1.54) is 36.4 Å². The molecule has 0 radical (unpaired) electrons. The predicted octanol–water partition coefficient (Wildman–Crippen LogP) is 1.53. The molecule has 3 rings (SSSR count). The van der Waals surface area contributed by atoms with Gasteiger partial charge in [-0.3, -0.25) is 9.59 Å². The van der Waals surface area contributed by atoms with Crippen LogP contribution in [0.15, 0.2) is 36.4 Å². The van der Waals surface area contributed by atoms with Crippen LogP contribution < -0.4 is 11.5 Å². The van der Waals surface area contributed by atoms with Crippen LogP contribution in [0, 0.1) is 0 Å². The molecule has 0 unspecified atom stereocenters. The third-order valence-electron chi connectivity index (χ3n) is 5.59. The molecule has 9 nitrogen and oxygen atoms in total.